The highest BCUT2D eigenvalue weighted by Gasteiger charge is 2.36. The van der Waals surface area contributed by atoms with Crippen molar-refractivity contribution in [2.75, 3.05) is 26.2 Å². The van der Waals surface area contributed by atoms with E-state index in [1.165, 1.54) is 18.9 Å². The quantitative estimate of drug-likeness (QED) is 0.810. The second-order valence-electron chi connectivity index (χ2n) is 6.51. The third kappa shape index (κ3) is 3.91. The fraction of sp³-hybridized carbons (Fsp3) is 0.647. The molecule has 0 aromatic heterocycles. The third-order valence-corrected chi connectivity index (χ3v) is 5.76. The van der Waals surface area contributed by atoms with Crippen LogP contribution in [-0.2, 0) is 6.18 Å². The molecule has 1 atom stereocenters. The Morgan fingerprint density at radius 3 is 2.39 bits per heavy atom. The second kappa shape index (κ2) is 7.11. The Morgan fingerprint density at radius 1 is 1.13 bits per heavy atom. The van der Waals surface area contributed by atoms with Gasteiger partial charge in [0.15, 0.2) is 0 Å². The summed E-state index contributed by atoms with van der Waals surface area (Å²) >= 11 is 3.50. The minimum atomic E-state index is -4.29. The number of halogens is 4. The first-order valence-electron chi connectivity index (χ1n) is 8.28. The third-order valence-electron chi connectivity index (χ3n) is 5.03. The number of hydrogen-bond donors (Lipinski definition) is 1. The van der Waals surface area contributed by atoms with Crippen LogP contribution in [0.1, 0.15) is 42.9 Å². The Morgan fingerprint density at radius 2 is 1.78 bits per heavy atom. The standard InChI is InChI=1S/C17H22BrF3N2/c18-15-6-5-13(17(19,20)21)11-14(15)16(12-3-1-2-4-12)23-9-7-22-8-10-23/h5-6,11-12,16,22H,1-4,7-10H2/t16-/m0/s1. The van der Waals surface area contributed by atoms with Gasteiger partial charge in [-0.05, 0) is 42.5 Å². The van der Waals surface area contributed by atoms with Gasteiger partial charge in [0.1, 0.15) is 0 Å². The van der Waals surface area contributed by atoms with Crippen LogP contribution in [0.3, 0.4) is 0 Å². The van der Waals surface area contributed by atoms with Crippen LogP contribution in [-0.4, -0.2) is 31.1 Å². The Bertz CT molecular complexity index is 535. The van der Waals surface area contributed by atoms with E-state index in [9.17, 15) is 13.2 Å². The molecule has 0 unspecified atom stereocenters. The zero-order valence-electron chi connectivity index (χ0n) is 13.0. The minimum Gasteiger partial charge on any atom is -0.314 e. The van der Waals surface area contributed by atoms with E-state index >= 15 is 0 Å². The largest absolute Gasteiger partial charge is 0.416 e. The number of rotatable bonds is 3. The average Bonchev–Trinajstić information content (AvgIpc) is 3.03. The number of alkyl halides is 3. The first-order chi connectivity index (χ1) is 11.0. The molecule has 0 amide bonds. The molecule has 1 aliphatic heterocycles. The van der Waals surface area contributed by atoms with Gasteiger partial charge in [0, 0.05) is 36.7 Å². The lowest BCUT2D eigenvalue weighted by Crippen LogP contribution is -2.46. The Hall–Kier alpha value is -0.590. The molecular formula is C17H22BrF3N2. The van der Waals surface area contributed by atoms with Crippen LogP contribution in [0.2, 0.25) is 0 Å². The van der Waals surface area contributed by atoms with Crippen molar-refractivity contribution in [2.45, 2.75) is 37.9 Å². The van der Waals surface area contributed by atoms with Crippen LogP contribution < -0.4 is 5.32 Å². The fourth-order valence-corrected chi connectivity index (χ4v) is 4.41. The molecule has 1 N–H and O–H groups in total. The van der Waals surface area contributed by atoms with E-state index in [2.05, 4.69) is 26.1 Å². The molecular weight excluding hydrogens is 369 g/mol. The molecule has 2 fully saturated rings. The number of nitrogens with one attached hydrogen (secondary N) is 1. The molecule has 0 radical (unpaired) electrons. The number of hydrogen-bond acceptors (Lipinski definition) is 2. The molecule has 6 heteroatoms. The maximum Gasteiger partial charge on any atom is 0.416 e. The van der Waals surface area contributed by atoms with Crippen molar-refractivity contribution < 1.29 is 13.2 Å². The van der Waals surface area contributed by atoms with Crippen LogP contribution in [0.25, 0.3) is 0 Å². The summed E-state index contributed by atoms with van der Waals surface area (Å²) in [6.45, 7) is 3.59. The molecule has 1 heterocycles. The van der Waals surface area contributed by atoms with E-state index in [0.29, 0.717) is 5.92 Å². The van der Waals surface area contributed by atoms with Crippen LogP contribution >= 0.6 is 15.9 Å². The maximum absolute atomic E-state index is 13.1. The van der Waals surface area contributed by atoms with Gasteiger partial charge in [-0.15, -0.1) is 0 Å². The minimum absolute atomic E-state index is 0.0799. The Labute approximate surface area is 143 Å². The summed E-state index contributed by atoms with van der Waals surface area (Å²) in [5.74, 6) is 0.452. The van der Waals surface area contributed by atoms with E-state index < -0.39 is 11.7 Å². The zero-order chi connectivity index (χ0) is 16.4. The van der Waals surface area contributed by atoms with Crippen molar-refractivity contribution in [2.24, 2.45) is 5.92 Å². The summed E-state index contributed by atoms with van der Waals surface area (Å²) in [6, 6.07) is 4.16. The predicted octanol–water partition coefficient (Wildman–Crippen LogP) is 4.60. The van der Waals surface area contributed by atoms with E-state index in [1.54, 1.807) is 6.07 Å². The molecule has 3 rings (SSSR count). The smallest absolute Gasteiger partial charge is 0.314 e. The lowest BCUT2D eigenvalue weighted by Gasteiger charge is -2.39. The molecule has 0 spiro atoms. The van der Waals surface area contributed by atoms with Crippen LogP contribution in [0.5, 0.6) is 0 Å². The van der Waals surface area contributed by atoms with Crippen LogP contribution in [0, 0.1) is 5.92 Å². The van der Waals surface area contributed by atoms with Gasteiger partial charge in [0.25, 0.3) is 0 Å². The summed E-state index contributed by atoms with van der Waals surface area (Å²) < 4.78 is 40.2. The van der Waals surface area contributed by atoms with Gasteiger partial charge < -0.3 is 5.32 Å². The second-order valence-corrected chi connectivity index (χ2v) is 7.36. The number of piperazine rings is 1. The van der Waals surface area contributed by atoms with Crippen molar-refractivity contribution in [1.82, 2.24) is 10.2 Å². The van der Waals surface area contributed by atoms with Crippen molar-refractivity contribution in [3.8, 4) is 0 Å². The highest BCUT2D eigenvalue weighted by atomic mass is 79.9. The Kier molecular flexibility index (Phi) is 5.33. The number of benzene rings is 1. The summed E-state index contributed by atoms with van der Waals surface area (Å²) in [4.78, 5) is 2.37. The first kappa shape index (κ1) is 17.2. The molecule has 1 aromatic rings. The molecule has 1 saturated carbocycles. The van der Waals surface area contributed by atoms with Gasteiger partial charge in [-0.25, -0.2) is 0 Å². The average molecular weight is 391 g/mol. The predicted molar refractivity (Wildman–Crippen MR) is 88.3 cm³/mol. The normalized spacial score (nSPS) is 22.4. The van der Waals surface area contributed by atoms with Crippen molar-refractivity contribution in [3.05, 3.63) is 33.8 Å². The van der Waals surface area contributed by atoms with Gasteiger partial charge in [0.2, 0.25) is 0 Å². The van der Waals surface area contributed by atoms with Gasteiger partial charge >= 0.3 is 6.18 Å². The van der Waals surface area contributed by atoms with E-state index in [1.807, 2.05) is 0 Å². The molecule has 1 aromatic carbocycles. The molecule has 23 heavy (non-hydrogen) atoms. The molecule has 128 valence electrons. The van der Waals surface area contributed by atoms with Gasteiger partial charge in [-0.3, -0.25) is 4.90 Å². The van der Waals surface area contributed by atoms with E-state index in [0.717, 1.165) is 55.1 Å². The van der Waals surface area contributed by atoms with Crippen LogP contribution in [0.4, 0.5) is 13.2 Å². The lowest BCUT2D eigenvalue weighted by molar-refractivity contribution is -0.137. The molecule has 1 saturated heterocycles. The molecule has 0 bridgehead atoms. The fourth-order valence-electron chi connectivity index (χ4n) is 3.93. The summed E-state index contributed by atoms with van der Waals surface area (Å²) in [5.41, 5.74) is 0.252. The lowest BCUT2D eigenvalue weighted by atomic mass is 9.89. The first-order valence-corrected chi connectivity index (χ1v) is 9.07. The van der Waals surface area contributed by atoms with Crippen molar-refractivity contribution >= 4 is 15.9 Å². The molecule has 1 aliphatic carbocycles. The topological polar surface area (TPSA) is 15.3 Å². The highest BCUT2D eigenvalue weighted by Crippen LogP contribution is 2.43. The van der Waals surface area contributed by atoms with Crippen molar-refractivity contribution in [1.29, 1.82) is 0 Å². The van der Waals surface area contributed by atoms with E-state index in [-0.39, 0.29) is 6.04 Å². The van der Waals surface area contributed by atoms with Gasteiger partial charge in [-0.1, -0.05) is 28.8 Å². The maximum atomic E-state index is 13.1. The van der Waals surface area contributed by atoms with Crippen LogP contribution in [0.15, 0.2) is 22.7 Å². The van der Waals surface area contributed by atoms with E-state index in [4.69, 9.17) is 0 Å². The Balaban J connectivity index is 1.98. The molecule has 2 aliphatic rings. The monoisotopic (exact) mass is 390 g/mol. The summed E-state index contributed by atoms with van der Waals surface area (Å²) in [7, 11) is 0. The summed E-state index contributed by atoms with van der Waals surface area (Å²) in [6.07, 6.45) is 0.293. The number of nitrogens with zero attached hydrogens (tertiary/aromatic N) is 1. The van der Waals surface area contributed by atoms with Gasteiger partial charge in [0.05, 0.1) is 5.56 Å². The highest BCUT2D eigenvalue weighted by molar-refractivity contribution is 9.10. The molecule has 2 nitrogen and oxygen atoms in total. The summed E-state index contributed by atoms with van der Waals surface area (Å²) in [5, 5.41) is 3.33. The van der Waals surface area contributed by atoms with Gasteiger partial charge in [-0.2, -0.15) is 13.2 Å². The van der Waals surface area contributed by atoms with Crippen molar-refractivity contribution in [3.63, 3.8) is 0 Å². The SMILES string of the molecule is FC(F)(F)c1ccc(Br)c([C@H](C2CCCC2)N2CCNCC2)c1. The zero-order valence-corrected chi connectivity index (χ0v) is 14.6.